The fraction of sp³-hybridized carbons (Fsp3) is 0.308. The van der Waals surface area contributed by atoms with Gasteiger partial charge in [-0.05, 0) is 31.4 Å². The molecule has 2 rings (SSSR count). The Balaban J connectivity index is 2.22. The molecule has 0 aliphatic heterocycles. The Morgan fingerprint density at radius 3 is 2.44 bits per heavy atom. The summed E-state index contributed by atoms with van der Waals surface area (Å²) in [5.74, 6) is -3.09. The van der Waals surface area contributed by atoms with Gasteiger partial charge in [-0.2, -0.15) is 0 Å². The SMILES string of the molecule is O=C(O)c1cc(F)c(NC2CC=CCC2)c(F)c1. The number of anilines is 1. The molecule has 0 aromatic heterocycles. The Labute approximate surface area is 103 Å². The van der Waals surface area contributed by atoms with Crippen LogP contribution in [0.2, 0.25) is 0 Å². The predicted molar refractivity (Wildman–Crippen MR) is 63.7 cm³/mol. The van der Waals surface area contributed by atoms with Gasteiger partial charge in [0, 0.05) is 6.04 Å². The highest BCUT2D eigenvalue weighted by Crippen LogP contribution is 2.24. The van der Waals surface area contributed by atoms with Crippen LogP contribution in [0.3, 0.4) is 0 Å². The Hall–Kier alpha value is -1.91. The van der Waals surface area contributed by atoms with Crippen molar-refractivity contribution >= 4 is 11.7 Å². The number of aromatic carboxylic acids is 1. The van der Waals surface area contributed by atoms with Gasteiger partial charge < -0.3 is 10.4 Å². The molecule has 0 radical (unpaired) electrons. The normalized spacial score (nSPS) is 18.7. The van der Waals surface area contributed by atoms with Crippen molar-refractivity contribution < 1.29 is 18.7 Å². The smallest absolute Gasteiger partial charge is 0.335 e. The molecule has 0 heterocycles. The van der Waals surface area contributed by atoms with Crippen molar-refractivity contribution in [3.63, 3.8) is 0 Å². The van der Waals surface area contributed by atoms with Gasteiger partial charge in [0.05, 0.1) is 5.56 Å². The molecule has 0 spiro atoms. The highest BCUT2D eigenvalue weighted by Gasteiger charge is 2.18. The summed E-state index contributed by atoms with van der Waals surface area (Å²) in [6.45, 7) is 0. The molecule has 0 fully saturated rings. The zero-order valence-corrected chi connectivity index (χ0v) is 9.62. The highest BCUT2D eigenvalue weighted by atomic mass is 19.1. The van der Waals surface area contributed by atoms with Crippen molar-refractivity contribution in [2.24, 2.45) is 0 Å². The number of carboxylic acid groups (broad SMARTS) is 1. The first-order chi connectivity index (χ1) is 8.58. The van der Waals surface area contributed by atoms with Gasteiger partial charge in [-0.15, -0.1) is 0 Å². The van der Waals surface area contributed by atoms with Crippen LogP contribution >= 0.6 is 0 Å². The van der Waals surface area contributed by atoms with Crippen LogP contribution in [0.5, 0.6) is 0 Å². The fourth-order valence-electron chi connectivity index (χ4n) is 1.96. The van der Waals surface area contributed by atoms with Crippen molar-refractivity contribution in [3.05, 3.63) is 41.5 Å². The van der Waals surface area contributed by atoms with E-state index >= 15 is 0 Å². The molecule has 96 valence electrons. The second-order valence-electron chi connectivity index (χ2n) is 4.25. The van der Waals surface area contributed by atoms with Crippen LogP contribution in [-0.4, -0.2) is 17.1 Å². The van der Waals surface area contributed by atoms with Gasteiger partial charge in [-0.3, -0.25) is 0 Å². The second kappa shape index (κ2) is 5.16. The first-order valence-electron chi connectivity index (χ1n) is 5.72. The molecular formula is C13H13F2NO2. The summed E-state index contributed by atoms with van der Waals surface area (Å²) in [4.78, 5) is 10.6. The molecule has 3 nitrogen and oxygen atoms in total. The topological polar surface area (TPSA) is 49.3 Å². The number of hydrogen-bond donors (Lipinski definition) is 2. The zero-order chi connectivity index (χ0) is 13.1. The first-order valence-corrected chi connectivity index (χ1v) is 5.72. The molecule has 1 aliphatic carbocycles. The van der Waals surface area contributed by atoms with E-state index in [1.165, 1.54) is 0 Å². The summed E-state index contributed by atoms with van der Waals surface area (Å²) < 4.78 is 27.3. The average Bonchev–Trinajstić information content (AvgIpc) is 2.34. The van der Waals surface area contributed by atoms with Crippen molar-refractivity contribution in [1.82, 2.24) is 0 Å². The molecule has 5 heteroatoms. The summed E-state index contributed by atoms with van der Waals surface area (Å²) in [5, 5.41) is 11.5. The van der Waals surface area contributed by atoms with Crippen molar-refractivity contribution in [2.45, 2.75) is 25.3 Å². The average molecular weight is 253 g/mol. The largest absolute Gasteiger partial charge is 0.478 e. The first kappa shape index (κ1) is 12.5. The second-order valence-corrected chi connectivity index (χ2v) is 4.25. The van der Waals surface area contributed by atoms with E-state index in [-0.39, 0.29) is 17.3 Å². The molecule has 0 amide bonds. The number of halogens is 2. The maximum Gasteiger partial charge on any atom is 0.335 e. The van der Waals surface area contributed by atoms with Crippen LogP contribution in [0.4, 0.5) is 14.5 Å². The van der Waals surface area contributed by atoms with E-state index in [4.69, 9.17) is 5.11 Å². The minimum atomic E-state index is -1.35. The number of carbonyl (C=O) groups is 1. The summed E-state index contributed by atoms with van der Waals surface area (Å²) in [7, 11) is 0. The third-order valence-electron chi connectivity index (χ3n) is 2.91. The van der Waals surface area contributed by atoms with Crippen molar-refractivity contribution in [1.29, 1.82) is 0 Å². The van der Waals surface area contributed by atoms with E-state index in [9.17, 15) is 13.6 Å². The molecule has 2 N–H and O–H groups in total. The van der Waals surface area contributed by atoms with E-state index in [0.717, 1.165) is 25.0 Å². The standard InChI is InChI=1S/C13H13F2NO2/c14-10-6-8(13(17)18)7-11(15)12(10)16-9-4-2-1-3-5-9/h1-2,6-7,9,16H,3-5H2,(H,17,18). The van der Waals surface area contributed by atoms with Crippen molar-refractivity contribution in [3.8, 4) is 0 Å². The maximum absolute atomic E-state index is 13.6. The minimum Gasteiger partial charge on any atom is -0.478 e. The van der Waals surface area contributed by atoms with Crippen LogP contribution in [0.15, 0.2) is 24.3 Å². The van der Waals surface area contributed by atoms with Gasteiger partial charge in [-0.25, -0.2) is 13.6 Å². The molecule has 0 saturated carbocycles. The van der Waals surface area contributed by atoms with E-state index in [1.807, 2.05) is 12.2 Å². The zero-order valence-electron chi connectivity index (χ0n) is 9.62. The predicted octanol–water partition coefficient (Wildman–Crippen LogP) is 3.18. The Morgan fingerprint density at radius 2 is 1.94 bits per heavy atom. The molecule has 1 unspecified atom stereocenters. The molecule has 18 heavy (non-hydrogen) atoms. The quantitative estimate of drug-likeness (QED) is 0.813. The third-order valence-corrected chi connectivity index (χ3v) is 2.91. The molecule has 0 bridgehead atoms. The molecule has 1 aliphatic rings. The van der Waals surface area contributed by atoms with Crippen molar-refractivity contribution in [2.75, 3.05) is 5.32 Å². The lowest BCUT2D eigenvalue weighted by Gasteiger charge is -2.21. The van der Waals surface area contributed by atoms with E-state index < -0.39 is 17.6 Å². The third kappa shape index (κ3) is 2.67. The Bertz CT molecular complexity index is 477. The van der Waals surface area contributed by atoms with Gasteiger partial charge in [0.15, 0.2) is 0 Å². The summed E-state index contributed by atoms with van der Waals surface area (Å²) in [6, 6.07) is 1.63. The van der Waals surface area contributed by atoms with Gasteiger partial charge in [-0.1, -0.05) is 12.2 Å². The Kier molecular flexibility index (Phi) is 3.60. The highest BCUT2D eigenvalue weighted by molar-refractivity contribution is 5.88. The number of hydrogen-bond acceptors (Lipinski definition) is 2. The summed E-state index contributed by atoms with van der Waals surface area (Å²) >= 11 is 0. The van der Waals surface area contributed by atoms with Crippen LogP contribution in [-0.2, 0) is 0 Å². The molecule has 1 atom stereocenters. The van der Waals surface area contributed by atoms with Crippen LogP contribution in [0, 0.1) is 11.6 Å². The monoisotopic (exact) mass is 253 g/mol. The molecule has 1 aromatic rings. The van der Waals surface area contributed by atoms with E-state index in [1.54, 1.807) is 0 Å². The number of allylic oxidation sites excluding steroid dienone is 1. The molecular weight excluding hydrogens is 240 g/mol. The lowest BCUT2D eigenvalue weighted by atomic mass is 10.0. The summed E-state index contributed by atoms with van der Waals surface area (Å²) in [5.41, 5.74) is -0.639. The van der Waals surface area contributed by atoms with Gasteiger partial charge in [0.2, 0.25) is 0 Å². The minimum absolute atomic E-state index is 0.0188. The number of carboxylic acids is 1. The van der Waals surface area contributed by atoms with E-state index in [2.05, 4.69) is 5.32 Å². The molecule has 1 aromatic carbocycles. The van der Waals surface area contributed by atoms with Crippen LogP contribution in [0.1, 0.15) is 29.6 Å². The number of nitrogens with one attached hydrogen (secondary N) is 1. The van der Waals surface area contributed by atoms with Gasteiger partial charge in [0.1, 0.15) is 17.3 Å². The number of rotatable bonds is 3. The van der Waals surface area contributed by atoms with E-state index in [0.29, 0.717) is 6.42 Å². The lowest BCUT2D eigenvalue weighted by molar-refractivity contribution is 0.0696. The molecule has 0 saturated heterocycles. The summed E-state index contributed by atoms with van der Waals surface area (Å²) in [6.07, 6.45) is 6.37. The van der Waals surface area contributed by atoms with Crippen LogP contribution < -0.4 is 5.32 Å². The van der Waals surface area contributed by atoms with Crippen LogP contribution in [0.25, 0.3) is 0 Å². The fourth-order valence-corrected chi connectivity index (χ4v) is 1.96. The number of benzene rings is 1. The van der Waals surface area contributed by atoms with Gasteiger partial charge >= 0.3 is 5.97 Å². The lowest BCUT2D eigenvalue weighted by Crippen LogP contribution is -2.22. The maximum atomic E-state index is 13.6. The van der Waals surface area contributed by atoms with Gasteiger partial charge in [0.25, 0.3) is 0 Å². The Morgan fingerprint density at radius 1 is 1.28 bits per heavy atom.